The fourth-order valence-electron chi connectivity index (χ4n) is 5.12. The number of hydrogen-bond acceptors (Lipinski definition) is 6. The van der Waals surface area contributed by atoms with Gasteiger partial charge in [-0.2, -0.15) is 0 Å². The highest BCUT2D eigenvalue weighted by molar-refractivity contribution is 6.78. The predicted molar refractivity (Wildman–Crippen MR) is 131 cm³/mol. The lowest BCUT2D eigenvalue weighted by Gasteiger charge is -2.37. The molecule has 0 radical (unpaired) electrons. The number of rotatable bonds is 9. The molecule has 184 valence electrons. The van der Waals surface area contributed by atoms with Gasteiger partial charge < -0.3 is 14.2 Å². The summed E-state index contributed by atoms with van der Waals surface area (Å²) in [4.78, 5) is 38.6. The molecule has 4 atom stereocenters. The van der Waals surface area contributed by atoms with E-state index in [-0.39, 0.29) is 24.4 Å². The van der Waals surface area contributed by atoms with Gasteiger partial charge in [-0.3, -0.25) is 14.4 Å². The van der Waals surface area contributed by atoms with Crippen molar-refractivity contribution in [3.8, 4) is 0 Å². The lowest BCUT2D eigenvalue weighted by molar-refractivity contribution is -0.161. The first kappa shape index (κ1) is 27.2. The van der Waals surface area contributed by atoms with E-state index in [0.29, 0.717) is 6.61 Å². The summed E-state index contributed by atoms with van der Waals surface area (Å²) >= 11 is 0. The number of hydrogen-bond donors (Lipinski definition) is 0. The van der Waals surface area contributed by atoms with Gasteiger partial charge >= 0.3 is 17.9 Å². The maximum absolute atomic E-state index is 13.3. The summed E-state index contributed by atoms with van der Waals surface area (Å²) in [6.07, 6.45) is 0.949. The van der Waals surface area contributed by atoms with E-state index in [9.17, 15) is 14.4 Å². The normalized spacial score (nSPS) is 29.5. The third-order valence-electron chi connectivity index (χ3n) is 6.96. The number of carbonyl (C=O) groups is 3. The second-order valence-electron chi connectivity index (χ2n) is 13.2. The third-order valence-corrected chi connectivity index (χ3v) is 10.3. The lowest BCUT2D eigenvalue weighted by atomic mass is 9.69. The molecule has 32 heavy (non-hydrogen) atoms. The van der Waals surface area contributed by atoms with Crippen LogP contribution in [0, 0.1) is 23.2 Å². The Kier molecular flexibility index (Phi) is 7.95. The van der Waals surface area contributed by atoms with Gasteiger partial charge in [-0.15, -0.1) is 0 Å². The Morgan fingerprint density at radius 2 is 1.62 bits per heavy atom. The summed E-state index contributed by atoms with van der Waals surface area (Å²) in [5.41, 5.74) is -1.67. The van der Waals surface area contributed by atoms with Crippen LogP contribution in [0.5, 0.6) is 0 Å². The van der Waals surface area contributed by atoms with Gasteiger partial charge in [0.05, 0.1) is 29.0 Å². The van der Waals surface area contributed by atoms with Crippen LogP contribution in [-0.2, 0) is 28.6 Å². The predicted octanol–water partition coefficient (Wildman–Crippen LogP) is 5.12. The van der Waals surface area contributed by atoms with Crippen molar-refractivity contribution in [2.45, 2.75) is 104 Å². The first-order valence-corrected chi connectivity index (χ1v) is 19.4. The summed E-state index contributed by atoms with van der Waals surface area (Å²) in [5, 5.41) is 0. The van der Waals surface area contributed by atoms with Gasteiger partial charge in [-0.05, 0) is 51.6 Å². The Morgan fingerprint density at radius 1 is 1.09 bits per heavy atom. The quantitative estimate of drug-likeness (QED) is 0.257. The zero-order valence-electron chi connectivity index (χ0n) is 21.8. The van der Waals surface area contributed by atoms with E-state index >= 15 is 0 Å². The van der Waals surface area contributed by atoms with Crippen molar-refractivity contribution in [1.29, 1.82) is 0 Å². The molecule has 8 heteroatoms. The SMILES string of the molecule is CC1CCOC1(C)C1C(=O)OC(=O)C1CC(C)(C)C(=O)OC(C[Si](C)(C)C)C[Si](C)(C)C. The van der Waals surface area contributed by atoms with Crippen LogP contribution in [0.4, 0.5) is 0 Å². The molecule has 0 aromatic carbocycles. The summed E-state index contributed by atoms with van der Waals surface area (Å²) in [7, 11) is -2.88. The fraction of sp³-hybridized carbons (Fsp3) is 0.875. The van der Waals surface area contributed by atoms with E-state index in [0.717, 1.165) is 18.5 Å². The molecular weight excluding hydrogens is 440 g/mol. The van der Waals surface area contributed by atoms with Crippen LogP contribution in [0.3, 0.4) is 0 Å². The zero-order valence-corrected chi connectivity index (χ0v) is 23.8. The monoisotopic (exact) mass is 484 g/mol. The van der Waals surface area contributed by atoms with Crippen LogP contribution in [-0.4, -0.2) is 52.4 Å². The molecule has 6 nitrogen and oxygen atoms in total. The fourth-order valence-corrected chi connectivity index (χ4v) is 8.60. The van der Waals surface area contributed by atoms with E-state index in [1.165, 1.54) is 0 Å². The number of ether oxygens (including phenoxy) is 3. The highest BCUT2D eigenvalue weighted by Gasteiger charge is 2.59. The Labute approximate surface area is 196 Å². The second-order valence-corrected chi connectivity index (χ2v) is 24.3. The highest BCUT2D eigenvalue weighted by Crippen LogP contribution is 2.48. The van der Waals surface area contributed by atoms with Gasteiger partial charge in [0, 0.05) is 22.8 Å². The van der Waals surface area contributed by atoms with E-state index in [1.807, 2.05) is 27.7 Å². The van der Waals surface area contributed by atoms with Gasteiger partial charge in [0.25, 0.3) is 0 Å². The van der Waals surface area contributed by atoms with Gasteiger partial charge in [0.15, 0.2) is 0 Å². The summed E-state index contributed by atoms with van der Waals surface area (Å²) in [6, 6.07) is 1.85. The molecule has 0 amide bonds. The van der Waals surface area contributed by atoms with Crippen molar-refractivity contribution in [2.75, 3.05) is 6.61 Å². The van der Waals surface area contributed by atoms with Crippen LogP contribution >= 0.6 is 0 Å². The smallest absolute Gasteiger partial charge is 0.320 e. The van der Waals surface area contributed by atoms with Crippen molar-refractivity contribution < 1.29 is 28.6 Å². The molecular formula is C24H44O6Si2. The van der Waals surface area contributed by atoms with Crippen LogP contribution in [0.1, 0.15) is 40.5 Å². The molecule has 2 aliphatic rings. The van der Waals surface area contributed by atoms with Crippen molar-refractivity contribution >= 4 is 34.1 Å². The minimum absolute atomic E-state index is 0.0937. The first-order valence-electron chi connectivity index (χ1n) is 12.0. The molecule has 0 N–H and O–H groups in total. The molecule has 0 spiro atoms. The van der Waals surface area contributed by atoms with E-state index in [2.05, 4.69) is 39.3 Å². The number of esters is 3. The van der Waals surface area contributed by atoms with Crippen molar-refractivity contribution in [1.82, 2.24) is 0 Å². The summed E-state index contributed by atoms with van der Waals surface area (Å²) < 4.78 is 17.1. The standard InChI is InChI=1S/C24H44O6Si2/c1-16-11-12-28-24(16,4)19-18(20(25)30-21(19)26)13-23(2,3)22(27)29-17(14-31(5,6)7)15-32(8,9)10/h16-19H,11-15H2,1-10H3. The number of carbonyl (C=O) groups excluding carboxylic acids is 3. The molecule has 2 saturated heterocycles. The first-order chi connectivity index (χ1) is 14.4. The van der Waals surface area contributed by atoms with Crippen LogP contribution in [0.25, 0.3) is 0 Å². The van der Waals surface area contributed by atoms with Crippen LogP contribution < -0.4 is 0 Å². The zero-order chi connectivity index (χ0) is 24.7. The van der Waals surface area contributed by atoms with Crippen LogP contribution in [0.2, 0.25) is 51.4 Å². The van der Waals surface area contributed by atoms with Crippen molar-refractivity contribution in [2.24, 2.45) is 23.2 Å². The van der Waals surface area contributed by atoms with Crippen molar-refractivity contribution in [3.05, 3.63) is 0 Å². The van der Waals surface area contributed by atoms with Gasteiger partial charge in [-0.25, -0.2) is 0 Å². The minimum atomic E-state index is -1.44. The Balaban J connectivity index is 2.20. The Bertz CT molecular complexity index is 720. The Hall–Kier alpha value is -0.996. The van der Waals surface area contributed by atoms with Gasteiger partial charge in [-0.1, -0.05) is 46.2 Å². The molecule has 0 saturated carbocycles. The molecule has 2 fully saturated rings. The van der Waals surface area contributed by atoms with E-state index in [4.69, 9.17) is 14.2 Å². The minimum Gasteiger partial charge on any atom is -0.463 e. The van der Waals surface area contributed by atoms with E-state index in [1.54, 1.807) is 0 Å². The molecule has 0 aromatic heterocycles. The highest BCUT2D eigenvalue weighted by atomic mass is 28.3. The average molecular weight is 485 g/mol. The number of cyclic esters (lactones) is 2. The Morgan fingerprint density at radius 3 is 2.06 bits per heavy atom. The molecule has 2 aliphatic heterocycles. The third kappa shape index (κ3) is 6.53. The lowest BCUT2D eigenvalue weighted by Crippen LogP contribution is -2.47. The van der Waals surface area contributed by atoms with Crippen LogP contribution in [0.15, 0.2) is 0 Å². The topological polar surface area (TPSA) is 78.9 Å². The van der Waals surface area contributed by atoms with Crippen molar-refractivity contribution in [3.63, 3.8) is 0 Å². The molecule has 2 rings (SSSR count). The van der Waals surface area contributed by atoms with Gasteiger partial charge in [0.1, 0.15) is 0 Å². The van der Waals surface area contributed by atoms with E-state index < -0.39 is 50.9 Å². The second kappa shape index (κ2) is 9.33. The summed E-state index contributed by atoms with van der Waals surface area (Å²) in [6.45, 7) is 21.8. The molecule has 0 bridgehead atoms. The largest absolute Gasteiger partial charge is 0.463 e. The molecule has 0 aliphatic carbocycles. The maximum atomic E-state index is 13.3. The maximum Gasteiger partial charge on any atom is 0.320 e. The molecule has 4 unspecified atom stereocenters. The average Bonchev–Trinajstić information content (AvgIpc) is 3.03. The molecule has 0 aromatic rings. The van der Waals surface area contributed by atoms with Gasteiger partial charge in [0.2, 0.25) is 0 Å². The summed E-state index contributed by atoms with van der Waals surface area (Å²) in [5.74, 6) is -2.65. The molecule has 2 heterocycles.